The predicted octanol–water partition coefficient (Wildman–Crippen LogP) is 4.52. The second-order valence-corrected chi connectivity index (χ2v) is 9.25. The van der Waals surface area contributed by atoms with E-state index in [9.17, 15) is 14.4 Å². The van der Waals surface area contributed by atoms with Gasteiger partial charge in [0.05, 0.1) is 0 Å². The van der Waals surface area contributed by atoms with Crippen LogP contribution in [0.2, 0.25) is 0 Å². The molecule has 0 saturated heterocycles. The summed E-state index contributed by atoms with van der Waals surface area (Å²) in [5.74, 6) is 0.559. The molecular formula is C24H37N3O4. The third-order valence-electron chi connectivity index (χ3n) is 5.23. The van der Waals surface area contributed by atoms with Crippen molar-refractivity contribution >= 4 is 23.6 Å². The number of ether oxygens (including phenoxy) is 1. The Hall–Kier alpha value is -2.57. The lowest BCUT2D eigenvalue weighted by Gasteiger charge is -2.21. The fourth-order valence-electron chi connectivity index (χ4n) is 3.67. The van der Waals surface area contributed by atoms with E-state index < -0.39 is 11.7 Å². The highest BCUT2D eigenvalue weighted by molar-refractivity contribution is 5.90. The average molecular weight is 432 g/mol. The van der Waals surface area contributed by atoms with Gasteiger partial charge in [0.2, 0.25) is 11.8 Å². The van der Waals surface area contributed by atoms with E-state index in [2.05, 4.69) is 16.0 Å². The third kappa shape index (κ3) is 10.9. The topological polar surface area (TPSA) is 96.5 Å². The molecule has 31 heavy (non-hydrogen) atoms. The van der Waals surface area contributed by atoms with Gasteiger partial charge in [-0.25, -0.2) is 4.79 Å². The zero-order valence-electron chi connectivity index (χ0n) is 19.1. The molecule has 0 atom stereocenters. The first-order chi connectivity index (χ1) is 14.7. The fraction of sp³-hybridized carbons (Fsp3) is 0.625. The number of hydrogen-bond acceptors (Lipinski definition) is 4. The number of carbonyl (C=O) groups excluding carboxylic acids is 3. The Morgan fingerprint density at radius 2 is 1.74 bits per heavy atom. The number of rotatable bonds is 9. The second-order valence-electron chi connectivity index (χ2n) is 9.25. The summed E-state index contributed by atoms with van der Waals surface area (Å²) in [5, 5.41) is 8.35. The molecule has 0 radical (unpaired) electrons. The maximum Gasteiger partial charge on any atom is 0.407 e. The molecule has 7 heteroatoms. The molecule has 1 fully saturated rings. The normalized spacial score (nSPS) is 14.5. The van der Waals surface area contributed by atoms with Crippen LogP contribution in [0.15, 0.2) is 24.3 Å². The minimum Gasteiger partial charge on any atom is -0.444 e. The lowest BCUT2D eigenvalue weighted by atomic mass is 9.86. The molecular weight excluding hydrogens is 394 g/mol. The highest BCUT2D eigenvalue weighted by Crippen LogP contribution is 2.27. The molecule has 1 aliphatic rings. The molecule has 3 amide bonds. The average Bonchev–Trinajstić information content (AvgIpc) is 2.70. The van der Waals surface area contributed by atoms with Crippen molar-refractivity contribution in [3.8, 4) is 0 Å². The van der Waals surface area contributed by atoms with E-state index in [-0.39, 0.29) is 24.8 Å². The number of anilines is 1. The smallest absolute Gasteiger partial charge is 0.407 e. The Labute approximate surface area is 185 Å². The zero-order chi connectivity index (χ0) is 22.7. The fourth-order valence-corrected chi connectivity index (χ4v) is 3.67. The van der Waals surface area contributed by atoms with Crippen molar-refractivity contribution in [3.05, 3.63) is 29.8 Å². The Morgan fingerprint density at radius 1 is 1.00 bits per heavy atom. The maximum atomic E-state index is 12.3. The van der Waals surface area contributed by atoms with Gasteiger partial charge in [-0.15, -0.1) is 0 Å². The standard InChI is InChI=1S/C24H37N3O4/c1-24(2,3)31-23(30)25-15-14-21(28)26-17-19-10-7-11-20(16-19)27-22(29)13-12-18-8-5-4-6-9-18/h7,10-11,16,18H,4-6,8-9,12-15,17H2,1-3H3,(H,25,30)(H,26,28)(H,27,29). The van der Waals surface area contributed by atoms with E-state index >= 15 is 0 Å². The summed E-state index contributed by atoms with van der Waals surface area (Å²) in [6, 6.07) is 7.49. The second kappa shape index (κ2) is 12.3. The third-order valence-corrected chi connectivity index (χ3v) is 5.23. The van der Waals surface area contributed by atoms with Gasteiger partial charge >= 0.3 is 6.09 Å². The van der Waals surface area contributed by atoms with Crippen LogP contribution in [0.1, 0.15) is 77.7 Å². The molecule has 0 bridgehead atoms. The summed E-state index contributed by atoms with van der Waals surface area (Å²) < 4.78 is 5.13. The Bertz CT molecular complexity index is 737. The first-order valence-electron chi connectivity index (χ1n) is 11.3. The molecule has 2 rings (SSSR count). The summed E-state index contributed by atoms with van der Waals surface area (Å²) >= 11 is 0. The van der Waals surface area contributed by atoms with Crippen LogP contribution in [-0.4, -0.2) is 30.1 Å². The van der Waals surface area contributed by atoms with Crippen molar-refractivity contribution in [2.24, 2.45) is 5.92 Å². The molecule has 0 unspecified atom stereocenters. The number of alkyl carbamates (subject to hydrolysis) is 1. The van der Waals surface area contributed by atoms with Gasteiger partial charge in [0, 0.05) is 31.6 Å². The minimum atomic E-state index is -0.567. The molecule has 172 valence electrons. The van der Waals surface area contributed by atoms with Crippen molar-refractivity contribution in [3.63, 3.8) is 0 Å². The molecule has 0 aliphatic heterocycles. The van der Waals surface area contributed by atoms with E-state index in [1.165, 1.54) is 32.1 Å². The van der Waals surface area contributed by atoms with Crippen molar-refractivity contribution in [2.75, 3.05) is 11.9 Å². The van der Waals surface area contributed by atoms with Crippen LogP contribution in [0.25, 0.3) is 0 Å². The van der Waals surface area contributed by atoms with Crippen LogP contribution in [0.4, 0.5) is 10.5 Å². The molecule has 0 spiro atoms. The number of nitrogens with one attached hydrogen (secondary N) is 3. The highest BCUT2D eigenvalue weighted by atomic mass is 16.6. The van der Waals surface area contributed by atoms with Gasteiger partial charge < -0.3 is 20.7 Å². The first-order valence-corrected chi connectivity index (χ1v) is 11.3. The van der Waals surface area contributed by atoms with Gasteiger partial charge in [-0.2, -0.15) is 0 Å². The van der Waals surface area contributed by atoms with Crippen LogP contribution >= 0.6 is 0 Å². The summed E-state index contributed by atoms with van der Waals surface area (Å²) in [4.78, 5) is 35.9. The summed E-state index contributed by atoms with van der Waals surface area (Å²) in [6.45, 7) is 5.92. The minimum absolute atomic E-state index is 0.0416. The molecule has 7 nitrogen and oxygen atoms in total. The quantitative estimate of drug-likeness (QED) is 0.536. The molecule has 0 heterocycles. The molecule has 1 aliphatic carbocycles. The summed E-state index contributed by atoms with van der Waals surface area (Å²) in [7, 11) is 0. The van der Waals surface area contributed by atoms with E-state index in [0.717, 1.165) is 17.7 Å². The first kappa shape index (κ1) is 24.7. The monoisotopic (exact) mass is 431 g/mol. The van der Waals surface area contributed by atoms with E-state index in [1.54, 1.807) is 20.8 Å². The molecule has 0 aromatic heterocycles. The van der Waals surface area contributed by atoms with Crippen molar-refractivity contribution < 1.29 is 19.1 Å². The van der Waals surface area contributed by atoms with E-state index in [0.29, 0.717) is 18.9 Å². The van der Waals surface area contributed by atoms with Crippen molar-refractivity contribution in [1.29, 1.82) is 0 Å². The van der Waals surface area contributed by atoms with Gasteiger partial charge in [0.1, 0.15) is 5.60 Å². The lowest BCUT2D eigenvalue weighted by molar-refractivity contribution is -0.121. The summed E-state index contributed by atoms with van der Waals surface area (Å²) in [6.07, 6.45) is 7.53. The van der Waals surface area contributed by atoms with Crippen LogP contribution in [0.5, 0.6) is 0 Å². The largest absolute Gasteiger partial charge is 0.444 e. The number of benzene rings is 1. The van der Waals surface area contributed by atoms with Crippen LogP contribution < -0.4 is 16.0 Å². The number of hydrogen-bond donors (Lipinski definition) is 3. The summed E-state index contributed by atoms with van der Waals surface area (Å²) in [5.41, 5.74) is 1.08. The molecule has 3 N–H and O–H groups in total. The van der Waals surface area contributed by atoms with E-state index in [1.807, 2.05) is 24.3 Å². The molecule has 1 saturated carbocycles. The maximum absolute atomic E-state index is 12.3. The van der Waals surface area contributed by atoms with Crippen LogP contribution in [0.3, 0.4) is 0 Å². The number of carbonyl (C=O) groups is 3. The van der Waals surface area contributed by atoms with Crippen LogP contribution in [-0.2, 0) is 20.9 Å². The van der Waals surface area contributed by atoms with E-state index in [4.69, 9.17) is 4.74 Å². The number of amides is 3. The Kier molecular flexibility index (Phi) is 9.82. The van der Waals surface area contributed by atoms with Gasteiger partial charge in [-0.05, 0) is 50.8 Å². The lowest BCUT2D eigenvalue weighted by Crippen LogP contribution is -2.35. The van der Waals surface area contributed by atoms with Gasteiger partial charge in [0.15, 0.2) is 0 Å². The SMILES string of the molecule is CC(C)(C)OC(=O)NCCC(=O)NCc1cccc(NC(=O)CCC2CCCCC2)c1. The van der Waals surface area contributed by atoms with Crippen molar-refractivity contribution in [2.45, 2.75) is 84.3 Å². The van der Waals surface area contributed by atoms with Gasteiger partial charge in [-0.1, -0.05) is 44.2 Å². The van der Waals surface area contributed by atoms with Gasteiger partial charge in [0.25, 0.3) is 0 Å². The molecule has 1 aromatic carbocycles. The van der Waals surface area contributed by atoms with Crippen molar-refractivity contribution in [1.82, 2.24) is 10.6 Å². The predicted molar refractivity (Wildman–Crippen MR) is 122 cm³/mol. The highest BCUT2D eigenvalue weighted by Gasteiger charge is 2.16. The van der Waals surface area contributed by atoms with Gasteiger partial charge in [-0.3, -0.25) is 9.59 Å². The van der Waals surface area contributed by atoms with Crippen LogP contribution in [0, 0.1) is 5.92 Å². The molecule has 1 aromatic rings. The Morgan fingerprint density at radius 3 is 2.45 bits per heavy atom. The Balaban J connectivity index is 1.67. The zero-order valence-corrected chi connectivity index (χ0v) is 19.1.